The van der Waals surface area contributed by atoms with E-state index in [1.165, 1.54) is 0 Å². The van der Waals surface area contributed by atoms with Crippen LogP contribution in [0.25, 0.3) is 0 Å². The third-order valence-corrected chi connectivity index (χ3v) is 2.89. The fourth-order valence-corrected chi connectivity index (χ4v) is 1.24. The molecule has 0 spiro atoms. The van der Waals surface area contributed by atoms with Crippen LogP contribution in [0.5, 0.6) is 0 Å². The van der Waals surface area contributed by atoms with Crippen molar-refractivity contribution >= 4 is 27.7 Å². The molecule has 1 amide bonds. The molecule has 5 heteroatoms. The highest BCUT2D eigenvalue weighted by Crippen LogP contribution is 2.16. The Hall–Kier alpha value is -0.940. The van der Waals surface area contributed by atoms with E-state index >= 15 is 0 Å². The van der Waals surface area contributed by atoms with E-state index in [1.807, 2.05) is 19.9 Å². The monoisotopic (exact) mass is 271 g/mol. The summed E-state index contributed by atoms with van der Waals surface area (Å²) in [7, 11) is 0. The van der Waals surface area contributed by atoms with Gasteiger partial charge in [0.2, 0.25) is 5.91 Å². The number of halogens is 1. The number of rotatable bonds is 3. The van der Waals surface area contributed by atoms with Crippen LogP contribution in [0.15, 0.2) is 16.6 Å². The molecule has 0 radical (unpaired) electrons. The van der Waals surface area contributed by atoms with E-state index in [4.69, 9.17) is 5.73 Å². The molecular formula is C10H14BrN3O. The lowest BCUT2D eigenvalue weighted by Crippen LogP contribution is -2.35. The van der Waals surface area contributed by atoms with Crippen molar-refractivity contribution in [3.8, 4) is 0 Å². The van der Waals surface area contributed by atoms with E-state index in [2.05, 4.69) is 26.2 Å². The summed E-state index contributed by atoms with van der Waals surface area (Å²) < 4.78 is 0.917. The Balaban J connectivity index is 2.73. The smallest absolute Gasteiger partial charge is 0.242 e. The maximum absolute atomic E-state index is 11.5. The second kappa shape index (κ2) is 5.23. The van der Waals surface area contributed by atoms with Gasteiger partial charge < -0.3 is 11.1 Å². The molecule has 0 unspecified atom stereocenters. The van der Waals surface area contributed by atoms with Crippen molar-refractivity contribution in [2.45, 2.75) is 26.3 Å². The minimum absolute atomic E-state index is 0.202. The first-order valence-electron chi connectivity index (χ1n) is 4.74. The van der Waals surface area contributed by atoms with Gasteiger partial charge in [-0.15, -0.1) is 0 Å². The van der Waals surface area contributed by atoms with Gasteiger partial charge in [0, 0.05) is 4.47 Å². The second-order valence-corrected chi connectivity index (χ2v) is 4.12. The molecule has 0 aromatic carbocycles. The van der Waals surface area contributed by atoms with Crippen LogP contribution in [0.4, 0.5) is 5.82 Å². The third-order valence-electron chi connectivity index (χ3n) is 2.05. The molecule has 1 atom stereocenters. The SMILES string of the molecule is CC[C@@H](N)C(=O)Nc1ccc(Br)c(C)n1. The zero-order valence-electron chi connectivity index (χ0n) is 8.75. The normalized spacial score (nSPS) is 12.3. The lowest BCUT2D eigenvalue weighted by atomic mass is 10.2. The molecule has 82 valence electrons. The van der Waals surface area contributed by atoms with Gasteiger partial charge in [-0.1, -0.05) is 6.92 Å². The predicted octanol–water partition coefficient (Wildman–Crippen LogP) is 1.83. The van der Waals surface area contributed by atoms with Gasteiger partial charge in [0.05, 0.1) is 11.7 Å². The van der Waals surface area contributed by atoms with Crippen LogP contribution in [0.1, 0.15) is 19.0 Å². The van der Waals surface area contributed by atoms with Crippen LogP contribution in [0.2, 0.25) is 0 Å². The zero-order valence-corrected chi connectivity index (χ0v) is 10.3. The maximum atomic E-state index is 11.5. The van der Waals surface area contributed by atoms with Crippen LogP contribution < -0.4 is 11.1 Å². The Bertz CT molecular complexity index is 368. The van der Waals surface area contributed by atoms with Gasteiger partial charge in [0.25, 0.3) is 0 Å². The van der Waals surface area contributed by atoms with Crippen LogP contribution >= 0.6 is 15.9 Å². The molecular weight excluding hydrogens is 258 g/mol. The Morgan fingerprint density at radius 3 is 2.87 bits per heavy atom. The fraction of sp³-hybridized carbons (Fsp3) is 0.400. The number of amides is 1. The summed E-state index contributed by atoms with van der Waals surface area (Å²) >= 11 is 3.34. The number of anilines is 1. The Labute approximate surface area is 97.4 Å². The summed E-state index contributed by atoms with van der Waals surface area (Å²) in [5.74, 6) is 0.330. The standard InChI is InChI=1S/C10H14BrN3O/c1-3-8(12)10(15)14-9-5-4-7(11)6(2)13-9/h4-5,8H,3,12H2,1-2H3,(H,13,14,15)/t8-/m1/s1. The lowest BCUT2D eigenvalue weighted by Gasteiger charge is -2.09. The molecule has 0 saturated carbocycles. The summed E-state index contributed by atoms with van der Waals surface area (Å²) in [6.07, 6.45) is 0.612. The molecule has 4 nitrogen and oxygen atoms in total. The van der Waals surface area contributed by atoms with Crippen molar-refractivity contribution in [1.82, 2.24) is 4.98 Å². The number of carbonyl (C=O) groups is 1. The number of aryl methyl sites for hydroxylation is 1. The van der Waals surface area contributed by atoms with E-state index in [1.54, 1.807) is 6.07 Å². The van der Waals surface area contributed by atoms with Gasteiger partial charge in [0.15, 0.2) is 0 Å². The molecule has 1 rings (SSSR count). The number of aromatic nitrogens is 1. The molecule has 1 aromatic rings. The molecule has 1 aromatic heterocycles. The molecule has 15 heavy (non-hydrogen) atoms. The van der Waals surface area contributed by atoms with Crippen molar-refractivity contribution in [3.63, 3.8) is 0 Å². The number of hydrogen-bond acceptors (Lipinski definition) is 3. The highest BCUT2D eigenvalue weighted by atomic mass is 79.9. The second-order valence-electron chi connectivity index (χ2n) is 3.27. The van der Waals surface area contributed by atoms with Crippen LogP contribution in [0.3, 0.4) is 0 Å². The summed E-state index contributed by atoms with van der Waals surface area (Å²) in [5, 5.41) is 2.66. The Kier molecular flexibility index (Phi) is 4.23. The molecule has 0 bridgehead atoms. The summed E-state index contributed by atoms with van der Waals surface area (Å²) in [4.78, 5) is 15.6. The molecule has 0 aliphatic heterocycles. The largest absolute Gasteiger partial charge is 0.320 e. The van der Waals surface area contributed by atoms with Crippen LogP contribution in [-0.2, 0) is 4.79 Å². The van der Waals surface area contributed by atoms with E-state index in [-0.39, 0.29) is 5.91 Å². The van der Waals surface area contributed by atoms with Gasteiger partial charge in [0.1, 0.15) is 5.82 Å². The molecule has 0 saturated heterocycles. The van der Waals surface area contributed by atoms with Crippen molar-refractivity contribution in [2.75, 3.05) is 5.32 Å². The first-order chi connectivity index (χ1) is 7.04. The summed E-state index contributed by atoms with van der Waals surface area (Å²) in [5.41, 5.74) is 6.41. The average molecular weight is 272 g/mol. The minimum Gasteiger partial charge on any atom is -0.320 e. The predicted molar refractivity (Wildman–Crippen MR) is 63.6 cm³/mol. The van der Waals surface area contributed by atoms with E-state index in [9.17, 15) is 4.79 Å². The molecule has 3 N–H and O–H groups in total. The quantitative estimate of drug-likeness (QED) is 0.882. The molecule has 0 aliphatic carbocycles. The molecule has 0 fully saturated rings. The first kappa shape index (κ1) is 12.1. The van der Waals surface area contributed by atoms with E-state index in [0.29, 0.717) is 12.2 Å². The van der Waals surface area contributed by atoms with Gasteiger partial charge >= 0.3 is 0 Å². The number of nitrogens with zero attached hydrogens (tertiary/aromatic N) is 1. The molecule has 1 heterocycles. The number of nitrogens with one attached hydrogen (secondary N) is 1. The highest BCUT2D eigenvalue weighted by molar-refractivity contribution is 9.10. The molecule has 0 aliphatic rings. The zero-order chi connectivity index (χ0) is 11.4. The van der Waals surface area contributed by atoms with Crippen molar-refractivity contribution in [1.29, 1.82) is 0 Å². The summed E-state index contributed by atoms with van der Waals surface area (Å²) in [6.45, 7) is 3.73. The van der Waals surface area contributed by atoms with Gasteiger partial charge in [-0.3, -0.25) is 4.79 Å². The maximum Gasteiger partial charge on any atom is 0.242 e. The van der Waals surface area contributed by atoms with Crippen molar-refractivity contribution < 1.29 is 4.79 Å². The fourth-order valence-electron chi connectivity index (χ4n) is 1.02. The van der Waals surface area contributed by atoms with E-state index in [0.717, 1.165) is 10.2 Å². The average Bonchev–Trinajstić information content (AvgIpc) is 2.22. The third kappa shape index (κ3) is 3.28. The van der Waals surface area contributed by atoms with Gasteiger partial charge in [-0.2, -0.15) is 0 Å². The lowest BCUT2D eigenvalue weighted by molar-refractivity contribution is -0.117. The number of carbonyl (C=O) groups excluding carboxylic acids is 1. The number of nitrogens with two attached hydrogens (primary N) is 1. The first-order valence-corrected chi connectivity index (χ1v) is 5.53. The number of hydrogen-bond donors (Lipinski definition) is 2. The Morgan fingerprint density at radius 1 is 1.67 bits per heavy atom. The van der Waals surface area contributed by atoms with Gasteiger partial charge in [-0.05, 0) is 41.4 Å². The topological polar surface area (TPSA) is 68.0 Å². The number of pyridine rings is 1. The minimum atomic E-state index is -0.476. The Morgan fingerprint density at radius 2 is 2.33 bits per heavy atom. The van der Waals surface area contributed by atoms with E-state index < -0.39 is 6.04 Å². The van der Waals surface area contributed by atoms with Gasteiger partial charge in [-0.25, -0.2) is 4.98 Å². The van der Waals surface area contributed by atoms with Crippen molar-refractivity contribution in [2.24, 2.45) is 5.73 Å². The van der Waals surface area contributed by atoms with Crippen LogP contribution in [-0.4, -0.2) is 16.9 Å². The van der Waals surface area contributed by atoms with Crippen LogP contribution in [0, 0.1) is 6.92 Å². The van der Waals surface area contributed by atoms with Crippen molar-refractivity contribution in [3.05, 3.63) is 22.3 Å². The summed E-state index contributed by atoms with van der Waals surface area (Å²) in [6, 6.07) is 3.10. The highest BCUT2D eigenvalue weighted by Gasteiger charge is 2.11.